The van der Waals surface area contributed by atoms with E-state index in [2.05, 4.69) is 15.2 Å². The number of amides is 1. The highest BCUT2D eigenvalue weighted by Gasteiger charge is 2.20. The van der Waals surface area contributed by atoms with Crippen LogP contribution in [-0.2, 0) is 4.74 Å². The fraction of sp³-hybridized carbons (Fsp3) is 0.571. The van der Waals surface area contributed by atoms with Crippen LogP contribution in [0.4, 0.5) is 0 Å². The maximum absolute atomic E-state index is 12.9. The van der Waals surface area contributed by atoms with E-state index in [9.17, 15) is 9.59 Å². The van der Waals surface area contributed by atoms with Gasteiger partial charge in [0, 0.05) is 31.2 Å². The summed E-state index contributed by atoms with van der Waals surface area (Å²) in [7, 11) is 0. The molecule has 156 valence electrons. The Morgan fingerprint density at radius 3 is 2.76 bits per heavy atom. The number of aromatic nitrogens is 2. The smallest absolute Gasteiger partial charge is 0.262 e. The molecule has 0 radical (unpaired) electrons. The third-order valence-corrected chi connectivity index (χ3v) is 6.22. The van der Waals surface area contributed by atoms with Gasteiger partial charge in [0.05, 0.1) is 24.1 Å². The summed E-state index contributed by atoms with van der Waals surface area (Å²) in [6.45, 7) is 5.05. The number of ether oxygens (including phenoxy) is 1. The van der Waals surface area contributed by atoms with Gasteiger partial charge in [-0.3, -0.25) is 19.1 Å². The lowest BCUT2D eigenvalue weighted by Crippen LogP contribution is -2.38. The summed E-state index contributed by atoms with van der Waals surface area (Å²) in [5.74, 6) is -0.131. The Kier molecular flexibility index (Phi) is 6.42. The van der Waals surface area contributed by atoms with Crippen molar-refractivity contribution >= 4 is 29.0 Å². The molecular weight excluding hydrogens is 388 g/mol. The van der Waals surface area contributed by atoms with E-state index in [1.54, 1.807) is 22.8 Å². The van der Waals surface area contributed by atoms with Crippen molar-refractivity contribution in [1.29, 1.82) is 0 Å². The van der Waals surface area contributed by atoms with Gasteiger partial charge < -0.3 is 15.0 Å². The summed E-state index contributed by atoms with van der Waals surface area (Å²) in [5.41, 5.74) is 1.09. The first-order valence-electron chi connectivity index (χ1n) is 10.5. The van der Waals surface area contributed by atoms with Crippen LogP contribution in [0.5, 0.6) is 0 Å². The van der Waals surface area contributed by atoms with Gasteiger partial charge in [0.1, 0.15) is 0 Å². The van der Waals surface area contributed by atoms with Crippen LogP contribution < -0.4 is 10.9 Å². The molecule has 0 bridgehead atoms. The molecule has 1 aliphatic carbocycles. The molecule has 1 aromatic heterocycles. The number of hydrogen-bond acceptors (Lipinski definition) is 5. The van der Waals surface area contributed by atoms with Crippen LogP contribution in [0.1, 0.15) is 48.5 Å². The van der Waals surface area contributed by atoms with Gasteiger partial charge in [0.15, 0.2) is 4.77 Å². The molecule has 0 atom stereocenters. The summed E-state index contributed by atoms with van der Waals surface area (Å²) < 4.78 is 7.50. The highest BCUT2D eigenvalue weighted by atomic mass is 32.1. The number of aromatic amines is 1. The number of benzene rings is 1. The van der Waals surface area contributed by atoms with Gasteiger partial charge in [-0.2, -0.15) is 0 Å². The Hall–Kier alpha value is -2.03. The Labute approximate surface area is 175 Å². The fourth-order valence-corrected chi connectivity index (χ4v) is 4.64. The van der Waals surface area contributed by atoms with E-state index in [0.29, 0.717) is 27.8 Å². The maximum Gasteiger partial charge on any atom is 0.262 e. The molecule has 29 heavy (non-hydrogen) atoms. The van der Waals surface area contributed by atoms with E-state index < -0.39 is 0 Å². The number of nitrogens with zero attached hydrogens (tertiary/aromatic N) is 2. The number of fused-ring (bicyclic) bond motifs is 1. The second-order valence-electron chi connectivity index (χ2n) is 7.87. The molecule has 8 heteroatoms. The van der Waals surface area contributed by atoms with E-state index in [-0.39, 0.29) is 17.5 Å². The molecule has 7 nitrogen and oxygen atoms in total. The molecule has 1 saturated carbocycles. The Morgan fingerprint density at radius 2 is 2.00 bits per heavy atom. The molecule has 1 saturated heterocycles. The van der Waals surface area contributed by atoms with Crippen molar-refractivity contribution in [2.24, 2.45) is 0 Å². The SMILES string of the molecule is O=C(NCCCN1CCOCC1)c1ccc2c(=O)n(C3CCCC3)c(=S)[nH]c2c1. The van der Waals surface area contributed by atoms with Crippen LogP contribution in [0, 0.1) is 4.77 Å². The molecule has 1 amide bonds. The van der Waals surface area contributed by atoms with Crippen molar-refractivity contribution in [2.75, 3.05) is 39.4 Å². The Balaban J connectivity index is 1.42. The number of hydrogen-bond donors (Lipinski definition) is 2. The molecule has 0 spiro atoms. The first-order chi connectivity index (χ1) is 14.1. The van der Waals surface area contributed by atoms with E-state index in [0.717, 1.165) is 65.0 Å². The van der Waals surface area contributed by atoms with Crippen LogP contribution >= 0.6 is 12.2 Å². The van der Waals surface area contributed by atoms with Crippen LogP contribution in [0.2, 0.25) is 0 Å². The Bertz CT molecular complexity index is 988. The van der Waals surface area contributed by atoms with Gasteiger partial charge in [0.2, 0.25) is 0 Å². The zero-order chi connectivity index (χ0) is 20.2. The molecule has 2 aliphatic rings. The zero-order valence-corrected chi connectivity index (χ0v) is 17.4. The lowest BCUT2D eigenvalue weighted by atomic mass is 10.1. The minimum atomic E-state index is -0.131. The van der Waals surface area contributed by atoms with E-state index in [1.807, 2.05) is 0 Å². The summed E-state index contributed by atoms with van der Waals surface area (Å²) in [6.07, 6.45) is 5.15. The van der Waals surface area contributed by atoms with Crippen LogP contribution in [-0.4, -0.2) is 59.8 Å². The second kappa shape index (κ2) is 9.19. The molecular formula is C21H28N4O3S. The highest BCUT2D eigenvalue weighted by molar-refractivity contribution is 7.71. The molecule has 2 aromatic rings. The van der Waals surface area contributed by atoms with E-state index in [4.69, 9.17) is 17.0 Å². The predicted octanol–water partition coefficient (Wildman–Crippen LogP) is 2.63. The highest BCUT2D eigenvalue weighted by Crippen LogP contribution is 2.28. The molecule has 2 fully saturated rings. The number of carbonyl (C=O) groups excluding carboxylic acids is 1. The topological polar surface area (TPSA) is 79.4 Å². The second-order valence-corrected chi connectivity index (χ2v) is 8.25. The molecule has 4 rings (SSSR count). The van der Waals surface area contributed by atoms with Crippen molar-refractivity contribution in [3.63, 3.8) is 0 Å². The van der Waals surface area contributed by atoms with Crippen LogP contribution in [0.3, 0.4) is 0 Å². The lowest BCUT2D eigenvalue weighted by Gasteiger charge is -2.26. The van der Waals surface area contributed by atoms with Crippen LogP contribution in [0.15, 0.2) is 23.0 Å². The molecule has 0 unspecified atom stereocenters. The largest absolute Gasteiger partial charge is 0.379 e. The molecule has 1 aromatic carbocycles. The van der Waals surface area contributed by atoms with Gasteiger partial charge in [-0.1, -0.05) is 12.8 Å². The van der Waals surface area contributed by atoms with E-state index >= 15 is 0 Å². The minimum absolute atomic E-state index is 0.0619. The zero-order valence-electron chi connectivity index (χ0n) is 16.6. The normalized spacial score (nSPS) is 18.3. The monoisotopic (exact) mass is 416 g/mol. The minimum Gasteiger partial charge on any atom is -0.379 e. The van der Waals surface area contributed by atoms with Crippen LogP contribution in [0.25, 0.3) is 10.9 Å². The Morgan fingerprint density at radius 1 is 1.24 bits per heavy atom. The van der Waals surface area contributed by atoms with Crippen molar-refractivity contribution in [3.05, 3.63) is 38.9 Å². The third-order valence-electron chi connectivity index (χ3n) is 5.92. The summed E-state index contributed by atoms with van der Waals surface area (Å²) >= 11 is 5.45. The quantitative estimate of drug-likeness (QED) is 0.559. The lowest BCUT2D eigenvalue weighted by molar-refractivity contribution is 0.0374. The van der Waals surface area contributed by atoms with Gasteiger partial charge in [0.25, 0.3) is 11.5 Å². The predicted molar refractivity (Wildman–Crippen MR) is 115 cm³/mol. The number of morpholine rings is 1. The van der Waals surface area contributed by atoms with Gasteiger partial charge >= 0.3 is 0 Å². The number of nitrogens with one attached hydrogen (secondary N) is 2. The molecule has 2 N–H and O–H groups in total. The van der Waals surface area contributed by atoms with Gasteiger partial charge in [-0.05, 0) is 56.2 Å². The first kappa shape index (κ1) is 20.3. The fourth-order valence-electron chi connectivity index (χ4n) is 4.30. The molecule has 2 heterocycles. The van der Waals surface area contributed by atoms with Gasteiger partial charge in [-0.25, -0.2) is 0 Å². The van der Waals surface area contributed by atoms with Crippen molar-refractivity contribution in [2.45, 2.75) is 38.1 Å². The maximum atomic E-state index is 12.9. The number of rotatable bonds is 6. The van der Waals surface area contributed by atoms with E-state index in [1.165, 1.54) is 0 Å². The summed E-state index contributed by atoms with van der Waals surface area (Å²) in [5, 5.41) is 3.55. The number of carbonyl (C=O) groups is 1. The standard InChI is InChI=1S/C21H28N4O3S/c26-19(22-8-3-9-24-10-12-28-13-11-24)15-6-7-17-18(14-15)23-21(29)25(20(17)27)16-4-1-2-5-16/h6-7,14,16H,1-5,8-13H2,(H,22,26)(H,23,29). The first-order valence-corrected chi connectivity index (χ1v) is 10.9. The summed E-state index contributed by atoms with van der Waals surface area (Å²) in [6, 6.07) is 5.36. The van der Waals surface area contributed by atoms with Crippen molar-refractivity contribution in [3.8, 4) is 0 Å². The molecule has 1 aliphatic heterocycles. The van der Waals surface area contributed by atoms with Crippen molar-refractivity contribution in [1.82, 2.24) is 19.8 Å². The average molecular weight is 417 g/mol. The van der Waals surface area contributed by atoms with Crippen molar-refractivity contribution < 1.29 is 9.53 Å². The third kappa shape index (κ3) is 4.60. The number of H-pyrrole nitrogens is 1. The average Bonchev–Trinajstić information content (AvgIpc) is 3.25. The van der Waals surface area contributed by atoms with Gasteiger partial charge in [-0.15, -0.1) is 0 Å². The summed E-state index contributed by atoms with van der Waals surface area (Å²) in [4.78, 5) is 31.0.